The molecule has 0 saturated carbocycles. The van der Waals surface area contributed by atoms with Crippen molar-refractivity contribution in [3.05, 3.63) is 12.3 Å². The number of likely N-dealkylation sites (tertiary alicyclic amines) is 1. The molecule has 0 aliphatic carbocycles. The third-order valence-corrected chi connectivity index (χ3v) is 2.49. The Kier molecular flexibility index (Phi) is 2.87. The molecule has 3 N–H and O–H groups in total. The van der Waals surface area contributed by atoms with Crippen LogP contribution < -0.4 is 5.73 Å². The zero-order chi connectivity index (χ0) is 9.14. The minimum absolute atomic E-state index is 0.300. The Morgan fingerprint density at radius 3 is 2.92 bits per heavy atom. The Labute approximate surface area is 73.7 Å². The monoisotopic (exact) mass is 167 g/mol. The molecule has 0 bridgehead atoms. The van der Waals surface area contributed by atoms with E-state index in [0.29, 0.717) is 6.04 Å². The first-order chi connectivity index (χ1) is 5.66. The van der Waals surface area contributed by atoms with Crippen molar-refractivity contribution < 1.29 is 0 Å². The maximum atomic E-state index is 7.03. The van der Waals surface area contributed by atoms with Gasteiger partial charge in [0.05, 0.1) is 6.04 Å². The molecular formula is C9H17N3. The van der Waals surface area contributed by atoms with Gasteiger partial charge in [-0.25, -0.2) is 0 Å². The van der Waals surface area contributed by atoms with Crippen LogP contribution >= 0.6 is 0 Å². The summed E-state index contributed by atoms with van der Waals surface area (Å²) in [5.74, 6) is 0. The lowest BCUT2D eigenvalue weighted by molar-refractivity contribution is 0.330. The van der Waals surface area contributed by atoms with Gasteiger partial charge in [-0.2, -0.15) is 0 Å². The Balaban J connectivity index is 2.57. The van der Waals surface area contributed by atoms with Crippen LogP contribution in [-0.4, -0.2) is 29.7 Å². The summed E-state index contributed by atoms with van der Waals surface area (Å²) in [4.78, 5) is 2.20. The maximum Gasteiger partial charge on any atom is 0.0793 e. The predicted octanol–water partition coefficient (Wildman–Crippen LogP) is 0.961. The highest BCUT2D eigenvalue weighted by atomic mass is 15.2. The average molecular weight is 167 g/mol. The van der Waals surface area contributed by atoms with Crippen LogP contribution in [0.5, 0.6) is 0 Å². The summed E-state index contributed by atoms with van der Waals surface area (Å²) in [6.07, 6.45) is 3.67. The van der Waals surface area contributed by atoms with Gasteiger partial charge in [0.25, 0.3) is 0 Å². The normalized spacial score (nSPS) is 25.5. The van der Waals surface area contributed by atoms with E-state index in [1.54, 1.807) is 0 Å². The fourth-order valence-corrected chi connectivity index (χ4v) is 1.65. The highest BCUT2D eigenvalue weighted by molar-refractivity contribution is 5.64. The van der Waals surface area contributed by atoms with E-state index in [1.807, 2.05) is 0 Å². The van der Waals surface area contributed by atoms with E-state index < -0.39 is 0 Å². The molecule has 68 valence electrons. The standard InChI is InChI=1S/C9H17N3/c1-7-4-3-5-12(7)8(2)9(11)6-10/h6-7,9-10H,2-5,11H2,1H3. The zero-order valence-corrected chi connectivity index (χ0v) is 7.59. The van der Waals surface area contributed by atoms with Gasteiger partial charge in [-0.3, -0.25) is 0 Å². The maximum absolute atomic E-state index is 7.03. The first-order valence-corrected chi connectivity index (χ1v) is 4.38. The molecule has 12 heavy (non-hydrogen) atoms. The molecule has 1 rings (SSSR count). The van der Waals surface area contributed by atoms with E-state index in [1.165, 1.54) is 19.1 Å². The number of hydrogen-bond acceptors (Lipinski definition) is 3. The number of hydrogen-bond donors (Lipinski definition) is 2. The van der Waals surface area contributed by atoms with Crippen LogP contribution in [0.25, 0.3) is 0 Å². The largest absolute Gasteiger partial charge is 0.371 e. The smallest absolute Gasteiger partial charge is 0.0793 e. The van der Waals surface area contributed by atoms with Gasteiger partial charge >= 0.3 is 0 Å². The predicted molar refractivity (Wildman–Crippen MR) is 51.3 cm³/mol. The summed E-state index contributed by atoms with van der Waals surface area (Å²) in [5.41, 5.74) is 6.56. The first-order valence-electron chi connectivity index (χ1n) is 4.38. The van der Waals surface area contributed by atoms with Crippen LogP contribution in [-0.2, 0) is 0 Å². The van der Waals surface area contributed by atoms with Crippen LogP contribution in [0.15, 0.2) is 12.3 Å². The topological polar surface area (TPSA) is 53.1 Å². The molecule has 1 saturated heterocycles. The highest BCUT2D eigenvalue weighted by Crippen LogP contribution is 2.21. The van der Waals surface area contributed by atoms with Crippen molar-refractivity contribution in [2.75, 3.05) is 6.54 Å². The van der Waals surface area contributed by atoms with Crippen LogP contribution in [0.1, 0.15) is 19.8 Å². The fraction of sp³-hybridized carbons (Fsp3) is 0.667. The van der Waals surface area contributed by atoms with Gasteiger partial charge in [0.1, 0.15) is 0 Å². The van der Waals surface area contributed by atoms with E-state index in [4.69, 9.17) is 11.1 Å². The number of nitrogens with zero attached hydrogens (tertiary/aromatic N) is 1. The molecule has 1 aliphatic heterocycles. The average Bonchev–Trinajstić information content (AvgIpc) is 2.48. The van der Waals surface area contributed by atoms with E-state index in [0.717, 1.165) is 12.2 Å². The minimum Gasteiger partial charge on any atom is -0.371 e. The van der Waals surface area contributed by atoms with Gasteiger partial charge in [0, 0.05) is 24.5 Å². The van der Waals surface area contributed by atoms with Gasteiger partial charge in [-0.05, 0) is 19.8 Å². The number of nitrogens with two attached hydrogens (primary N) is 1. The third-order valence-electron chi connectivity index (χ3n) is 2.49. The van der Waals surface area contributed by atoms with Crippen molar-refractivity contribution in [1.29, 1.82) is 5.41 Å². The molecule has 1 heterocycles. The van der Waals surface area contributed by atoms with Gasteiger partial charge < -0.3 is 16.0 Å². The number of rotatable bonds is 3. The van der Waals surface area contributed by atoms with Crippen molar-refractivity contribution >= 4 is 6.21 Å². The van der Waals surface area contributed by atoms with Crippen molar-refractivity contribution in [3.63, 3.8) is 0 Å². The lowest BCUT2D eigenvalue weighted by atomic mass is 10.2. The number of nitrogens with one attached hydrogen (secondary N) is 1. The van der Waals surface area contributed by atoms with E-state index >= 15 is 0 Å². The van der Waals surface area contributed by atoms with Crippen LogP contribution in [0.4, 0.5) is 0 Å². The molecule has 2 atom stereocenters. The summed E-state index contributed by atoms with van der Waals surface area (Å²) in [6.45, 7) is 7.13. The Morgan fingerprint density at radius 1 is 1.83 bits per heavy atom. The second-order valence-electron chi connectivity index (χ2n) is 3.37. The molecule has 0 amide bonds. The van der Waals surface area contributed by atoms with Gasteiger partial charge in [-0.15, -0.1) is 0 Å². The quantitative estimate of drug-likeness (QED) is 0.615. The molecule has 0 spiro atoms. The zero-order valence-electron chi connectivity index (χ0n) is 7.59. The van der Waals surface area contributed by atoms with E-state index in [-0.39, 0.29) is 6.04 Å². The van der Waals surface area contributed by atoms with Crippen LogP contribution in [0.2, 0.25) is 0 Å². The van der Waals surface area contributed by atoms with Crippen LogP contribution in [0.3, 0.4) is 0 Å². The van der Waals surface area contributed by atoms with Crippen molar-refractivity contribution in [3.8, 4) is 0 Å². The van der Waals surface area contributed by atoms with E-state index in [9.17, 15) is 0 Å². The molecule has 3 nitrogen and oxygen atoms in total. The van der Waals surface area contributed by atoms with Crippen LogP contribution in [0, 0.1) is 5.41 Å². The second kappa shape index (κ2) is 3.72. The Morgan fingerprint density at radius 2 is 2.50 bits per heavy atom. The molecule has 3 heteroatoms. The molecule has 0 aromatic carbocycles. The summed E-state index contributed by atoms with van der Waals surface area (Å²) >= 11 is 0. The molecule has 1 fully saturated rings. The molecule has 0 aromatic rings. The van der Waals surface area contributed by atoms with Crippen molar-refractivity contribution in [1.82, 2.24) is 4.90 Å². The second-order valence-corrected chi connectivity index (χ2v) is 3.37. The van der Waals surface area contributed by atoms with Gasteiger partial charge in [-0.1, -0.05) is 6.58 Å². The van der Waals surface area contributed by atoms with E-state index in [2.05, 4.69) is 18.4 Å². The molecular weight excluding hydrogens is 150 g/mol. The molecule has 0 radical (unpaired) electrons. The summed E-state index contributed by atoms with van der Waals surface area (Å²) in [5, 5.41) is 7.03. The SMILES string of the molecule is C=C(C(N)C=N)N1CCCC1C. The molecule has 2 unspecified atom stereocenters. The summed E-state index contributed by atoms with van der Waals surface area (Å²) in [7, 11) is 0. The lowest BCUT2D eigenvalue weighted by Gasteiger charge is -2.27. The lowest BCUT2D eigenvalue weighted by Crippen LogP contribution is -2.37. The minimum atomic E-state index is -0.300. The summed E-state index contributed by atoms with van der Waals surface area (Å²) in [6, 6.07) is 0.244. The fourth-order valence-electron chi connectivity index (χ4n) is 1.65. The first kappa shape index (κ1) is 9.26. The summed E-state index contributed by atoms with van der Waals surface area (Å²) < 4.78 is 0. The van der Waals surface area contributed by atoms with Crippen molar-refractivity contribution in [2.24, 2.45) is 5.73 Å². The highest BCUT2D eigenvalue weighted by Gasteiger charge is 2.23. The Hall–Kier alpha value is -0.830. The van der Waals surface area contributed by atoms with Crippen molar-refractivity contribution in [2.45, 2.75) is 31.8 Å². The van der Waals surface area contributed by atoms with Gasteiger partial charge in [0.2, 0.25) is 0 Å². The van der Waals surface area contributed by atoms with Gasteiger partial charge in [0.15, 0.2) is 0 Å². The molecule has 1 aliphatic rings. The Bertz CT molecular complexity index is 188. The molecule has 0 aromatic heterocycles. The third kappa shape index (κ3) is 1.67.